The molecule has 1 aromatic heterocycles. The SMILES string of the molecule is CC(Nc1nc(=O)n(C(C)C)c(=O)[nH]1)C1CCC(F)(F)CC1. The van der Waals surface area contributed by atoms with Crippen molar-refractivity contribution in [1.29, 1.82) is 0 Å². The van der Waals surface area contributed by atoms with Crippen molar-refractivity contribution in [3.8, 4) is 0 Å². The Hall–Kier alpha value is -1.73. The molecule has 0 radical (unpaired) electrons. The van der Waals surface area contributed by atoms with Crippen LogP contribution in [0.25, 0.3) is 0 Å². The first kappa shape index (κ1) is 16.6. The minimum Gasteiger partial charge on any atom is -0.353 e. The summed E-state index contributed by atoms with van der Waals surface area (Å²) in [7, 11) is 0. The third kappa shape index (κ3) is 3.72. The minimum absolute atomic E-state index is 0.0671. The third-order valence-corrected chi connectivity index (χ3v) is 4.21. The zero-order chi connectivity index (χ0) is 16.5. The maximum atomic E-state index is 13.2. The second kappa shape index (κ2) is 6.18. The number of anilines is 1. The van der Waals surface area contributed by atoms with Gasteiger partial charge in [-0.2, -0.15) is 4.98 Å². The standard InChI is InChI=1S/C14H22F2N4O2/c1-8(2)20-12(21)18-11(19-13(20)22)17-9(3)10-4-6-14(15,16)7-5-10/h8-10H,4-7H2,1-3H3,(H2,17,18,19,21,22). The number of alkyl halides is 2. The van der Waals surface area contributed by atoms with Crippen LogP contribution < -0.4 is 16.7 Å². The van der Waals surface area contributed by atoms with E-state index >= 15 is 0 Å². The molecule has 124 valence electrons. The van der Waals surface area contributed by atoms with Gasteiger partial charge in [0.1, 0.15) is 0 Å². The van der Waals surface area contributed by atoms with Crippen LogP contribution in [0.2, 0.25) is 0 Å². The molecule has 1 heterocycles. The highest BCUT2D eigenvalue weighted by Gasteiger charge is 2.36. The number of hydrogen-bond donors (Lipinski definition) is 2. The average molecular weight is 316 g/mol. The van der Waals surface area contributed by atoms with Crippen LogP contribution in [0.4, 0.5) is 14.7 Å². The van der Waals surface area contributed by atoms with Gasteiger partial charge in [0.05, 0.1) is 0 Å². The Morgan fingerprint density at radius 3 is 2.36 bits per heavy atom. The summed E-state index contributed by atoms with van der Waals surface area (Å²) >= 11 is 0. The van der Waals surface area contributed by atoms with Gasteiger partial charge in [0.25, 0.3) is 0 Å². The Morgan fingerprint density at radius 1 is 1.27 bits per heavy atom. The molecule has 0 aliphatic heterocycles. The highest BCUT2D eigenvalue weighted by atomic mass is 19.3. The lowest BCUT2D eigenvalue weighted by atomic mass is 9.83. The maximum Gasteiger partial charge on any atom is 0.355 e. The Bertz CT molecular complexity index is 597. The molecule has 0 aromatic carbocycles. The van der Waals surface area contributed by atoms with E-state index in [1.54, 1.807) is 13.8 Å². The van der Waals surface area contributed by atoms with Crippen molar-refractivity contribution in [2.75, 3.05) is 5.32 Å². The number of halogens is 2. The normalized spacial score (nSPS) is 20.1. The molecule has 1 unspecified atom stereocenters. The van der Waals surface area contributed by atoms with Gasteiger partial charge in [-0.15, -0.1) is 0 Å². The molecule has 2 rings (SSSR count). The number of H-pyrrole nitrogens is 1. The second-order valence-electron chi connectivity index (χ2n) is 6.26. The molecule has 2 N–H and O–H groups in total. The number of hydrogen-bond acceptors (Lipinski definition) is 4. The predicted molar refractivity (Wildman–Crippen MR) is 79.5 cm³/mol. The molecule has 1 aliphatic carbocycles. The molecule has 0 amide bonds. The van der Waals surface area contributed by atoms with Crippen LogP contribution in [0.3, 0.4) is 0 Å². The fraction of sp³-hybridized carbons (Fsp3) is 0.786. The van der Waals surface area contributed by atoms with E-state index in [0.29, 0.717) is 12.8 Å². The fourth-order valence-electron chi connectivity index (χ4n) is 2.85. The molecular weight excluding hydrogens is 294 g/mol. The summed E-state index contributed by atoms with van der Waals surface area (Å²) < 4.78 is 27.4. The lowest BCUT2D eigenvalue weighted by molar-refractivity contribution is -0.0469. The Balaban J connectivity index is 2.08. The summed E-state index contributed by atoms with van der Waals surface area (Å²) in [5.41, 5.74) is -1.15. The average Bonchev–Trinajstić information content (AvgIpc) is 2.36. The van der Waals surface area contributed by atoms with Gasteiger partial charge >= 0.3 is 11.4 Å². The molecule has 6 nitrogen and oxygen atoms in total. The zero-order valence-electron chi connectivity index (χ0n) is 13.0. The minimum atomic E-state index is -2.57. The summed E-state index contributed by atoms with van der Waals surface area (Å²) in [6, 6.07) is -0.427. The smallest absolute Gasteiger partial charge is 0.353 e. The molecule has 8 heteroatoms. The van der Waals surface area contributed by atoms with E-state index in [2.05, 4.69) is 15.3 Å². The summed E-state index contributed by atoms with van der Waals surface area (Å²) in [5.74, 6) is -2.41. The lowest BCUT2D eigenvalue weighted by Crippen LogP contribution is -2.40. The molecule has 0 spiro atoms. The topological polar surface area (TPSA) is 79.8 Å². The van der Waals surface area contributed by atoms with Crippen molar-refractivity contribution in [3.63, 3.8) is 0 Å². The molecule has 1 aliphatic rings. The van der Waals surface area contributed by atoms with E-state index in [1.807, 2.05) is 6.92 Å². The Morgan fingerprint density at radius 2 is 1.86 bits per heavy atom. The van der Waals surface area contributed by atoms with Gasteiger partial charge in [0.15, 0.2) is 0 Å². The zero-order valence-corrected chi connectivity index (χ0v) is 13.0. The summed E-state index contributed by atoms with van der Waals surface area (Å²) in [6.07, 6.45) is 0.577. The van der Waals surface area contributed by atoms with Crippen molar-refractivity contribution < 1.29 is 8.78 Å². The highest BCUT2D eigenvalue weighted by molar-refractivity contribution is 5.23. The van der Waals surface area contributed by atoms with Crippen molar-refractivity contribution >= 4 is 5.95 Å². The van der Waals surface area contributed by atoms with Gasteiger partial charge in [-0.3, -0.25) is 4.98 Å². The number of aromatic amines is 1. The molecule has 0 saturated heterocycles. The molecule has 1 atom stereocenters. The van der Waals surface area contributed by atoms with Gasteiger partial charge in [-0.25, -0.2) is 22.9 Å². The van der Waals surface area contributed by atoms with E-state index in [9.17, 15) is 18.4 Å². The van der Waals surface area contributed by atoms with E-state index < -0.39 is 17.3 Å². The van der Waals surface area contributed by atoms with E-state index in [0.717, 1.165) is 4.57 Å². The lowest BCUT2D eigenvalue weighted by Gasteiger charge is -2.32. The van der Waals surface area contributed by atoms with Crippen LogP contribution in [0.15, 0.2) is 9.59 Å². The van der Waals surface area contributed by atoms with Crippen LogP contribution in [0.1, 0.15) is 52.5 Å². The van der Waals surface area contributed by atoms with Gasteiger partial charge in [0.2, 0.25) is 11.9 Å². The molecule has 1 saturated carbocycles. The van der Waals surface area contributed by atoms with Crippen LogP contribution in [-0.2, 0) is 0 Å². The van der Waals surface area contributed by atoms with Crippen molar-refractivity contribution in [1.82, 2.24) is 14.5 Å². The number of rotatable bonds is 4. The van der Waals surface area contributed by atoms with Crippen molar-refractivity contribution in [2.45, 2.75) is 64.5 Å². The fourth-order valence-corrected chi connectivity index (χ4v) is 2.85. The summed E-state index contributed by atoms with van der Waals surface area (Å²) in [5, 5.41) is 2.96. The Labute approximate surface area is 127 Å². The first-order valence-electron chi connectivity index (χ1n) is 7.57. The van der Waals surface area contributed by atoms with E-state index in [1.165, 1.54) is 0 Å². The first-order chi connectivity index (χ1) is 10.2. The van der Waals surface area contributed by atoms with Crippen LogP contribution in [0, 0.1) is 5.92 Å². The van der Waals surface area contributed by atoms with Gasteiger partial charge in [-0.1, -0.05) is 0 Å². The Kier molecular flexibility index (Phi) is 4.67. The van der Waals surface area contributed by atoms with Gasteiger partial charge < -0.3 is 5.32 Å². The summed E-state index contributed by atoms with van der Waals surface area (Å²) in [6.45, 7) is 5.29. The third-order valence-electron chi connectivity index (χ3n) is 4.21. The second-order valence-corrected chi connectivity index (χ2v) is 6.26. The molecule has 0 bridgehead atoms. The predicted octanol–water partition coefficient (Wildman–Crippen LogP) is 2.14. The van der Waals surface area contributed by atoms with Gasteiger partial charge in [0, 0.05) is 24.9 Å². The molecule has 1 fully saturated rings. The largest absolute Gasteiger partial charge is 0.355 e. The van der Waals surface area contributed by atoms with Crippen molar-refractivity contribution in [2.24, 2.45) is 5.92 Å². The molecular formula is C14H22F2N4O2. The first-order valence-corrected chi connectivity index (χ1v) is 7.57. The van der Waals surface area contributed by atoms with Crippen LogP contribution in [0.5, 0.6) is 0 Å². The molecule has 1 aromatic rings. The number of aromatic nitrogens is 3. The monoisotopic (exact) mass is 316 g/mol. The maximum absolute atomic E-state index is 13.2. The van der Waals surface area contributed by atoms with E-state index in [4.69, 9.17) is 0 Å². The number of nitrogens with zero attached hydrogens (tertiary/aromatic N) is 2. The van der Waals surface area contributed by atoms with Crippen LogP contribution in [-0.4, -0.2) is 26.5 Å². The van der Waals surface area contributed by atoms with Crippen molar-refractivity contribution in [3.05, 3.63) is 21.0 Å². The molecule has 22 heavy (non-hydrogen) atoms. The van der Waals surface area contributed by atoms with Crippen LogP contribution >= 0.6 is 0 Å². The highest BCUT2D eigenvalue weighted by Crippen LogP contribution is 2.37. The van der Waals surface area contributed by atoms with Gasteiger partial charge in [-0.05, 0) is 39.5 Å². The summed E-state index contributed by atoms with van der Waals surface area (Å²) in [4.78, 5) is 30.0. The number of nitrogens with one attached hydrogen (secondary N) is 2. The van der Waals surface area contributed by atoms with E-state index in [-0.39, 0.29) is 36.8 Å². The quantitative estimate of drug-likeness (QED) is 0.892.